The highest BCUT2D eigenvalue weighted by atomic mass is 16.5. The first kappa shape index (κ1) is 11.4. The molecule has 0 radical (unpaired) electrons. The molecule has 0 amide bonds. The molecular formula is C12H24N2O. The molecule has 0 bridgehead atoms. The van der Waals surface area contributed by atoms with Crippen molar-refractivity contribution in [3.8, 4) is 0 Å². The molecule has 88 valence electrons. The Kier molecular flexibility index (Phi) is 3.33. The van der Waals surface area contributed by atoms with Crippen molar-refractivity contribution in [2.24, 2.45) is 5.73 Å². The second-order valence-electron chi connectivity index (χ2n) is 5.73. The maximum absolute atomic E-state index is 5.92. The van der Waals surface area contributed by atoms with Crippen molar-refractivity contribution in [1.29, 1.82) is 0 Å². The van der Waals surface area contributed by atoms with E-state index in [1.165, 1.54) is 12.8 Å². The van der Waals surface area contributed by atoms with E-state index < -0.39 is 0 Å². The van der Waals surface area contributed by atoms with Crippen molar-refractivity contribution in [3.63, 3.8) is 0 Å². The second-order valence-corrected chi connectivity index (χ2v) is 5.73. The summed E-state index contributed by atoms with van der Waals surface area (Å²) in [7, 11) is 0. The van der Waals surface area contributed by atoms with Crippen molar-refractivity contribution in [2.75, 3.05) is 6.61 Å². The first-order valence-corrected chi connectivity index (χ1v) is 6.21. The van der Waals surface area contributed by atoms with Crippen LogP contribution < -0.4 is 11.1 Å². The third-order valence-electron chi connectivity index (χ3n) is 3.64. The van der Waals surface area contributed by atoms with Gasteiger partial charge in [-0.25, -0.2) is 0 Å². The van der Waals surface area contributed by atoms with Crippen molar-refractivity contribution in [3.05, 3.63) is 0 Å². The Balaban J connectivity index is 1.79. The molecule has 3 unspecified atom stereocenters. The van der Waals surface area contributed by atoms with Gasteiger partial charge >= 0.3 is 0 Å². The minimum atomic E-state index is 0.0522. The number of hydrogen-bond donors (Lipinski definition) is 2. The predicted octanol–water partition coefficient (Wildman–Crippen LogP) is 1.41. The Morgan fingerprint density at radius 3 is 2.60 bits per heavy atom. The van der Waals surface area contributed by atoms with Crippen molar-refractivity contribution >= 4 is 0 Å². The van der Waals surface area contributed by atoms with Crippen LogP contribution in [0.4, 0.5) is 0 Å². The second kappa shape index (κ2) is 4.40. The summed E-state index contributed by atoms with van der Waals surface area (Å²) in [5.41, 5.74) is 5.97. The summed E-state index contributed by atoms with van der Waals surface area (Å²) in [5, 5.41) is 3.74. The lowest BCUT2D eigenvalue weighted by atomic mass is 9.93. The normalized spacial score (nSPS) is 40.6. The maximum atomic E-state index is 5.92. The average molecular weight is 212 g/mol. The van der Waals surface area contributed by atoms with E-state index in [9.17, 15) is 0 Å². The standard InChI is InChI=1S/C12H24N2O/c1-12(2)8-11(5-6-15-12)14-10-4-3-9(13)7-10/h9-11,14H,3-8,13H2,1-2H3. The van der Waals surface area contributed by atoms with E-state index in [-0.39, 0.29) is 5.60 Å². The van der Waals surface area contributed by atoms with Gasteiger partial charge in [0.25, 0.3) is 0 Å². The number of nitrogens with one attached hydrogen (secondary N) is 1. The van der Waals surface area contributed by atoms with Gasteiger partial charge in [-0.15, -0.1) is 0 Å². The molecule has 3 nitrogen and oxygen atoms in total. The van der Waals surface area contributed by atoms with E-state index in [0.29, 0.717) is 18.1 Å². The Bertz CT molecular complexity index is 218. The summed E-state index contributed by atoms with van der Waals surface area (Å²) in [6.45, 7) is 5.26. The van der Waals surface area contributed by atoms with E-state index in [2.05, 4.69) is 19.2 Å². The van der Waals surface area contributed by atoms with E-state index in [0.717, 1.165) is 25.9 Å². The SMILES string of the molecule is CC1(C)CC(NC2CCC(N)C2)CCO1. The molecule has 3 heteroatoms. The summed E-state index contributed by atoms with van der Waals surface area (Å²) in [5.74, 6) is 0. The van der Waals surface area contributed by atoms with Crippen LogP contribution in [0.15, 0.2) is 0 Å². The van der Waals surface area contributed by atoms with Crippen molar-refractivity contribution < 1.29 is 4.74 Å². The zero-order chi connectivity index (χ0) is 10.9. The van der Waals surface area contributed by atoms with Crippen LogP contribution in [0, 0.1) is 0 Å². The van der Waals surface area contributed by atoms with Gasteiger partial charge in [0, 0.05) is 24.7 Å². The van der Waals surface area contributed by atoms with Crippen LogP contribution in [0.3, 0.4) is 0 Å². The zero-order valence-electron chi connectivity index (χ0n) is 9.96. The zero-order valence-corrected chi connectivity index (χ0v) is 9.96. The minimum Gasteiger partial charge on any atom is -0.375 e. The molecule has 15 heavy (non-hydrogen) atoms. The molecule has 1 aliphatic heterocycles. The predicted molar refractivity (Wildman–Crippen MR) is 61.8 cm³/mol. The Morgan fingerprint density at radius 1 is 1.20 bits per heavy atom. The van der Waals surface area contributed by atoms with Crippen molar-refractivity contribution in [1.82, 2.24) is 5.32 Å². The van der Waals surface area contributed by atoms with E-state index in [1.54, 1.807) is 0 Å². The molecule has 2 fully saturated rings. The summed E-state index contributed by atoms with van der Waals surface area (Å²) in [4.78, 5) is 0. The van der Waals surface area contributed by atoms with Crippen LogP contribution in [-0.4, -0.2) is 30.3 Å². The summed E-state index contributed by atoms with van der Waals surface area (Å²) in [6, 6.07) is 1.71. The fourth-order valence-electron chi connectivity index (χ4n) is 2.88. The van der Waals surface area contributed by atoms with E-state index in [1.807, 2.05) is 0 Å². The van der Waals surface area contributed by atoms with Crippen LogP contribution in [0.25, 0.3) is 0 Å². The van der Waals surface area contributed by atoms with Crippen LogP contribution in [-0.2, 0) is 4.74 Å². The quantitative estimate of drug-likeness (QED) is 0.727. The number of ether oxygens (including phenoxy) is 1. The molecule has 3 N–H and O–H groups in total. The van der Waals surface area contributed by atoms with Crippen LogP contribution in [0.2, 0.25) is 0 Å². The fraction of sp³-hybridized carbons (Fsp3) is 1.00. The fourth-order valence-corrected chi connectivity index (χ4v) is 2.88. The Labute approximate surface area is 92.7 Å². The van der Waals surface area contributed by atoms with Crippen LogP contribution >= 0.6 is 0 Å². The van der Waals surface area contributed by atoms with Gasteiger partial charge < -0.3 is 15.8 Å². The highest BCUT2D eigenvalue weighted by molar-refractivity contribution is 4.89. The number of hydrogen-bond acceptors (Lipinski definition) is 3. The molecule has 1 heterocycles. The van der Waals surface area contributed by atoms with Gasteiger partial charge in [-0.3, -0.25) is 0 Å². The molecule has 2 aliphatic rings. The topological polar surface area (TPSA) is 47.3 Å². The molecule has 0 aromatic heterocycles. The molecule has 1 saturated heterocycles. The highest BCUT2D eigenvalue weighted by Crippen LogP contribution is 2.26. The molecule has 1 saturated carbocycles. The minimum absolute atomic E-state index is 0.0522. The summed E-state index contributed by atoms with van der Waals surface area (Å²) < 4.78 is 5.72. The van der Waals surface area contributed by atoms with E-state index >= 15 is 0 Å². The molecule has 0 aromatic carbocycles. The van der Waals surface area contributed by atoms with Crippen LogP contribution in [0.5, 0.6) is 0 Å². The average Bonchev–Trinajstić information content (AvgIpc) is 2.49. The van der Waals surface area contributed by atoms with Gasteiger partial charge in [-0.05, 0) is 46.0 Å². The van der Waals surface area contributed by atoms with Gasteiger partial charge in [-0.2, -0.15) is 0 Å². The molecular weight excluding hydrogens is 188 g/mol. The lowest BCUT2D eigenvalue weighted by molar-refractivity contribution is -0.0640. The molecule has 0 aromatic rings. The molecule has 2 rings (SSSR count). The lowest BCUT2D eigenvalue weighted by Gasteiger charge is -2.37. The third-order valence-corrected chi connectivity index (χ3v) is 3.64. The highest BCUT2D eigenvalue weighted by Gasteiger charge is 2.31. The lowest BCUT2D eigenvalue weighted by Crippen LogP contribution is -2.46. The first-order chi connectivity index (χ1) is 7.05. The summed E-state index contributed by atoms with van der Waals surface area (Å²) in [6.07, 6.45) is 5.86. The maximum Gasteiger partial charge on any atom is 0.0641 e. The first-order valence-electron chi connectivity index (χ1n) is 6.21. The van der Waals surface area contributed by atoms with Gasteiger partial charge in [0.05, 0.1) is 5.60 Å². The monoisotopic (exact) mass is 212 g/mol. The third kappa shape index (κ3) is 3.16. The van der Waals surface area contributed by atoms with Gasteiger partial charge in [0.1, 0.15) is 0 Å². The van der Waals surface area contributed by atoms with Crippen molar-refractivity contribution in [2.45, 2.75) is 69.7 Å². The molecule has 3 atom stereocenters. The Hall–Kier alpha value is -0.120. The van der Waals surface area contributed by atoms with Gasteiger partial charge in [0.2, 0.25) is 0 Å². The molecule has 1 aliphatic carbocycles. The van der Waals surface area contributed by atoms with E-state index in [4.69, 9.17) is 10.5 Å². The van der Waals surface area contributed by atoms with Crippen LogP contribution in [0.1, 0.15) is 46.0 Å². The van der Waals surface area contributed by atoms with Gasteiger partial charge in [-0.1, -0.05) is 0 Å². The smallest absolute Gasteiger partial charge is 0.0641 e. The number of nitrogens with two attached hydrogens (primary N) is 1. The largest absolute Gasteiger partial charge is 0.375 e. The van der Waals surface area contributed by atoms with Gasteiger partial charge in [0.15, 0.2) is 0 Å². The Morgan fingerprint density at radius 2 is 2.00 bits per heavy atom. The summed E-state index contributed by atoms with van der Waals surface area (Å²) >= 11 is 0. The number of rotatable bonds is 2. The molecule has 0 spiro atoms.